The van der Waals surface area contributed by atoms with Gasteiger partial charge in [-0.05, 0) is 60.2 Å². The molecule has 0 aliphatic rings. The van der Waals surface area contributed by atoms with Crippen molar-refractivity contribution >= 4 is 5.69 Å². The second kappa shape index (κ2) is 5.16. The maximum Gasteiger partial charge on any atom is 0.143 e. The van der Waals surface area contributed by atoms with Gasteiger partial charge in [0.05, 0.1) is 18.0 Å². The lowest BCUT2D eigenvalue weighted by molar-refractivity contribution is 0.490. The lowest BCUT2D eigenvalue weighted by atomic mass is 10.1. The van der Waals surface area contributed by atoms with Gasteiger partial charge in [0.2, 0.25) is 0 Å². The van der Waals surface area contributed by atoms with Crippen LogP contribution in [-0.4, -0.2) is 20.2 Å². The zero-order valence-corrected chi connectivity index (χ0v) is 11.3. The first-order valence-corrected chi connectivity index (χ1v) is 6.38. The van der Waals surface area contributed by atoms with Gasteiger partial charge in [-0.25, -0.2) is 4.68 Å². The summed E-state index contributed by atoms with van der Waals surface area (Å²) in [4.78, 5) is 0. The van der Waals surface area contributed by atoms with Crippen LogP contribution in [0.25, 0.3) is 5.69 Å². The fraction of sp³-hybridized carbons (Fsp3) is 0.214. The molecule has 2 heterocycles. The van der Waals surface area contributed by atoms with E-state index >= 15 is 0 Å². The highest BCUT2D eigenvalue weighted by atomic mass is 16.3. The molecule has 0 spiro atoms. The summed E-state index contributed by atoms with van der Waals surface area (Å²) in [5, 5.41) is 14.6. The Balaban J connectivity index is 1.81. The van der Waals surface area contributed by atoms with Crippen molar-refractivity contribution in [2.45, 2.75) is 19.9 Å². The summed E-state index contributed by atoms with van der Waals surface area (Å²) in [6.07, 6.45) is 3.26. The summed E-state index contributed by atoms with van der Waals surface area (Å²) < 4.78 is 7.04. The Labute approximate surface area is 116 Å². The number of benzene rings is 1. The van der Waals surface area contributed by atoms with Gasteiger partial charge in [-0.3, -0.25) is 0 Å². The average molecular weight is 269 g/mol. The molecule has 0 aliphatic heterocycles. The Bertz CT molecular complexity index is 676. The van der Waals surface area contributed by atoms with Gasteiger partial charge in [-0.15, -0.1) is 5.10 Å². The van der Waals surface area contributed by atoms with Gasteiger partial charge in [0.15, 0.2) is 0 Å². The Kier molecular flexibility index (Phi) is 3.20. The minimum Gasteiger partial charge on any atom is -0.467 e. The summed E-state index contributed by atoms with van der Waals surface area (Å²) in [6, 6.07) is 10.0. The predicted molar refractivity (Wildman–Crippen MR) is 74.6 cm³/mol. The molecule has 102 valence electrons. The van der Waals surface area contributed by atoms with Crippen molar-refractivity contribution in [1.29, 1.82) is 0 Å². The summed E-state index contributed by atoms with van der Waals surface area (Å²) in [7, 11) is 0. The summed E-state index contributed by atoms with van der Waals surface area (Å²) in [5.74, 6) is 0.909. The van der Waals surface area contributed by atoms with Gasteiger partial charge in [0.1, 0.15) is 12.1 Å². The normalized spacial score (nSPS) is 12.3. The molecule has 1 aromatic carbocycles. The number of tetrazole rings is 1. The van der Waals surface area contributed by atoms with E-state index in [9.17, 15) is 0 Å². The molecule has 20 heavy (non-hydrogen) atoms. The standard InChI is InChI=1S/C14H15N5O/c1-10-8-12(16-11(2)14-4-3-7-20-14)5-6-13(10)19-9-15-17-18-19/h3-9,11,16H,1-2H3. The molecule has 2 aromatic heterocycles. The third-order valence-electron chi connectivity index (χ3n) is 3.15. The average Bonchev–Trinajstić information content (AvgIpc) is 3.12. The number of rotatable bonds is 4. The molecule has 3 rings (SSSR count). The molecule has 6 nitrogen and oxygen atoms in total. The monoisotopic (exact) mass is 269 g/mol. The molecule has 3 aromatic rings. The summed E-state index contributed by atoms with van der Waals surface area (Å²) in [5.41, 5.74) is 3.09. The van der Waals surface area contributed by atoms with E-state index < -0.39 is 0 Å². The minimum atomic E-state index is 0.114. The molecule has 1 N–H and O–H groups in total. The fourth-order valence-corrected chi connectivity index (χ4v) is 2.13. The van der Waals surface area contributed by atoms with Crippen molar-refractivity contribution in [2.24, 2.45) is 0 Å². The van der Waals surface area contributed by atoms with E-state index in [1.165, 1.54) is 0 Å². The van der Waals surface area contributed by atoms with E-state index in [1.54, 1.807) is 17.3 Å². The SMILES string of the molecule is Cc1cc(NC(C)c2ccco2)ccc1-n1cnnn1. The van der Waals surface area contributed by atoms with Crippen molar-refractivity contribution in [2.75, 3.05) is 5.32 Å². The van der Waals surface area contributed by atoms with Gasteiger partial charge in [0.25, 0.3) is 0 Å². The molecule has 0 bridgehead atoms. The van der Waals surface area contributed by atoms with Crippen molar-refractivity contribution < 1.29 is 4.42 Å². The highest BCUT2D eigenvalue weighted by molar-refractivity contribution is 5.53. The Morgan fingerprint density at radius 2 is 2.20 bits per heavy atom. The highest BCUT2D eigenvalue weighted by Crippen LogP contribution is 2.22. The zero-order valence-electron chi connectivity index (χ0n) is 11.3. The number of hydrogen-bond acceptors (Lipinski definition) is 5. The van der Waals surface area contributed by atoms with Crippen LogP contribution in [-0.2, 0) is 0 Å². The van der Waals surface area contributed by atoms with E-state index in [0.29, 0.717) is 0 Å². The molecule has 0 amide bonds. The number of nitrogens with zero attached hydrogens (tertiary/aromatic N) is 4. The van der Waals surface area contributed by atoms with Crippen molar-refractivity contribution in [1.82, 2.24) is 20.2 Å². The van der Waals surface area contributed by atoms with E-state index in [-0.39, 0.29) is 6.04 Å². The van der Waals surface area contributed by atoms with E-state index in [2.05, 4.69) is 33.8 Å². The molecule has 0 fully saturated rings. The third kappa shape index (κ3) is 2.40. The Morgan fingerprint density at radius 1 is 1.30 bits per heavy atom. The number of nitrogens with one attached hydrogen (secondary N) is 1. The van der Waals surface area contributed by atoms with Crippen LogP contribution in [0.4, 0.5) is 5.69 Å². The van der Waals surface area contributed by atoms with Gasteiger partial charge in [0, 0.05) is 5.69 Å². The van der Waals surface area contributed by atoms with E-state index in [0.717, 1.165) is 22.7 Å². The molecule has 1 unspecified atom stereocenters. The highest BCUT2D eigenvalue weighted by Gasteiger charge is 2.09. The molecular weight excluding hydrogens is 254 g/mol. The van der Waals surface area contributed by atoms with Crippen molar-refractivity contribution in [3.8, 4) is 5.69 Å². The number of hydrogen-bond donors (Lipinski definition) is 1. The maximum atomic E-state index is 5.39. The quantitative estimate of drug-likeness (QED) is 0.788. The smallest absolute Gasteiger partial charge is 0.143 e. The van der Waals surface area contributed by atoms with Crippen molar-refractivity contribution in [3.63, 3.8) is 0 Å². The van der Waals surface area contributed by atoms with Crippen LogP contribution in [0.2, 0.25) is 0 Å². The molecule has 0 saturated carbocycles. The maximum absolute atomic E-state index is 5.39. The molecule has 0 aliphatic carbocycles. The first-order valence-electron chi connectivity index (χ1n) is 6.38. The van der Waals surface area contributed by atoms with Crippen LogP contribution in [0.3, 0.4) is 0 Å². The lowest BCUT2D eigenvalue weighted by Crippen LogP contribution is -2.06. The summed E-state index contributed by atoms with van der Waals surface area (Å²) in [6.45, 7) is 4.09. The predicted octanol–water partition coefficient (Wildman–Crippen LogP) is 2.74. The Morgan fingerprint density at radius 3 is 2.85 bits per heavy atom. The van der Waals surface area contributed by atoms with Crippen LogP contribution in [0, 0.1) is 6.92 Å². The number of anilines is 1. The molecule has 0 saturated heterocycles. The van der Waals surface area contributed by atoms with Gasteiger partial charge < -0.3 is 9.73 Å². The molecule has 6 heteroatoms. The van der Waals surface area contributed by atoms with Crippen molar-refractivity contribution in [3.05, 3.63) is 54.2 Å². The van der Waals surface area contributed by atoms with Crippen LogP contribution in [0.15, 0.2) is 47.3 Å². The first kappa shape index (κ1) is 12.4. The van der Waals surface area contributed by atoms with Crippen LogP contribution in [0.1, 0.15) is 24.3 Å². The second-order valence-electron chi connectivity index (χ2n) is 4.64. The van der Waals surface area contributed by atoms with Crippen LogP contribution in [0.5, 0.6) is 0 Å². The third-order valence-corrected chi connectivity index (χ3v) is 3.15. The number of aromatic nitrogens is 4. The van der Waals surface area contributed by atoms with E-state index in [4.69, 9.17) is 4.42 Å². The molecular formula is C14H15N5O. The first-order chi connectivity index (χ1) is 9.74. The fourth-order valence-electron chi connectivity index (χ4n) is 2.13. The molecule has 0 radical (unpaired) electrons. The van der Waals surface area contributed by atoms with Gasteiger partial charge >= 0.3 is 0 Å². The minimum absolute atomic E-state index is 0.114. The second-order valence-corrected chi connectivity index (χ2v) is 4.64. The topological polar surface area (TPSA) is 68.8 Å². The largest absolute Gasteiger partial charge is 0.467 e. The number of furan rings is 1. The lowest BCUT2D eigenvalue weighted by Gasteiger charge is -2.14. The zero-order chi connectivity index (χ0) is 13.9. The van der Waals surface area contributed by atoms with Gasteiger partial charge in [-0.2, -0.15) is 0 Å². The molecule has 1 atom stereocenters. The van der Waals surface area contributed by atoms with E-state index in [1.807, 2.05) is 31.2 Å². The Hall–Kier alpha value is -2.63. The van der Waals surface area contributed by atoms with Crippen LogP contribution < -0.4 is 5.32 Å². The number of aryl methyl sites for hydroxylation is 1. The van der Waals surface area contributed by atoms with Crippen LogP contribution >= 0.6 is 0 Å². The summed E-state index contributed by atoms with van der Waals surface area (Å²) >= 11 is 0. The van der Waals surface area contributed by atoms with Gasteiger partial charge in [-0.1, -0.05) is 0 Å².